The van der Waals surface area contributed by atoms with Crippen LogP contribution < -0.4 is 10.1 Å². The van der Waals surface area contributed by atoms with Crippen LogP contribution in [0.25, 0.3) is 10.9 Å². The molecule has 0 spiro atoms. The van der Waals surface area contributed by atoms with Gasteiger partial charge in [-0.3, -0.25) is 9.59 Å². The number of aryl methyl sites for hydroxylation is 1. The average molecular weight is 405 g/mol. The lowest BCUT2D eigenvalue weighted by Gasteiger charge is -2.04. The molecule has 2 aromatic carbocycles. The maximum atomic E-state index is 12.1. The number of methoxy groups -OCH3 is 1. The highest BCUT2D eigenvalue weighted by molar-refractivity contribution is 5.97. The van der Waals surface area contributed by atoms with Gasteiger partial charge < -0.3 is 19.7 Å². The van der Waals surface area contributed by atoms with Gasteiger partial charge in [-0.05, 0) is 30.3 Å². The Kier molecular flexibility index (Phi) is 6.39. The Morgan fingerprint density at radius 1 is 1.20 bits per heavy atom. The van der Waals surface area contributed by atoms with Gasteiger partial charge in [0.2, 0.25) is 5.88 Å². The Morgan fingerprint density at radius 3 is 2.63 bits per heavy atom. The van der Waals surface area contributed by atoms with E-state index in [4.69, 9.17) is 10.00 Å². The van der Waals surface area contributed by atoms with Crippen LogP contribution in [0, 0.1) is 11.3 Å². The molecule has 2 amide bonds. The van der Waals surface area contributed by atoms with Crippen LogP contribution in [0.15, 0.2) is 58.8 Å². The molecule has 3 rings (SSSR count). The number of para-hydroxylation sites is 1. The third-order valence-corrected chi connectivity index (χ3v) is 4.38. The zero-order chi connectivity index (χ0) is 21.5. The number of benzene rings is 2. The molecule has 1 heterocycles. The topological polar surface area (TPSA) is 129 Å². The highest BCUT2D eigenvalue weighted by atomic mass is 16.5. The number of amides is 2. The number of azo groups is 1. The number of rotatable bonds is 7. The molecule has 30 heavy (non-hydrogen) atoms. The summed E-state index contributed by atoms with van der Waals surface area (Å²) in [6.45, 7) is -0.0631. The average Bonchev–Trinajstić information content (AvgIpc) is 3.05. The smallest absolute Gasteiger partial charge is 0.283 e. The second-order valence-electron chi connectivity index (χ2n) is 6.25. The molecular formula is C21H19N5O4. The number of carbonyl (C=O) groups is 2. The van der Waals surface area contributed by atoms with E-state index in [1.807, 2.05) is 6.07 Å². The van der Waals surface area contributed by atoms with E-state index in [1.54, 1.807) is 53.1 Å². The van der Waals surface area contributed by atoms with Gasteiger partial charge in [-0.2, -0.15) is 5.26 Å². The zero-order valence-electron chi connectivity index (χ0n) is 16.2. The van der Waals surface area contributed by atoms with Crippen LogP contribution in [-0.4, -0.2) is 35.1 Å². The summed E-state index contributed by atoms with van der Waals surface area (Å²) in [6.07, 6.45) is 0.207. The largest absolute Gasteiger partial charge is 0.497 e. The molecule has 0 aliphatic carbocycles. The number of carbonyl (C=O) groups excluding carboxylic acids is 2. The van der Waals surface area contributed by atoms with Crippen LogP contribution >= 0.6 is 0 Å². The second-order valence-corrected chi connectivity index (χ2v) is 6.25. The minimum atomic E-state index is -0.676. The van der Waals surface area contributed by atoms with E-state index < -0.39 is 11.8 Å². The Morgan fingerprint density at radius 2 is 1.93 bits per heavy atom. The lowest BCUT2D eigenvalue weighted by atomic mass is 10.2. The minimum absolute atomic E-state index is 0.137. The lowest BCUT2D eigenvalue weighted by molar-refractivity contribution is -0.117. The Balaban J connectivity index is 1.70. The number of nitrogens with zero attached hydrogens (tertiary/aromatic N) is 4. The van der Waals surface area contributed by atoms with E-state index >= 15 is 0 Å². The molecule has 0 unspecified atom stereocenters. The fraction of sp³-hybridized carbons (Fsp3) is 0.190. The quantitative estimate of drug-likeness (QED) is 0.583. The molecule has 152 valence electrons. The number of aromatic hydroxyl groups is 1. The van der Waals surface area contributed by atoms with E-state index in [0.717, 1.165) is 0 Å². The Bertz CT molecular complexity index is 1140. The van der Waals surface area contributed by atoms with Crippen LogP contribution in [0.4, 0.5) is 5.69 Å². The van der Waals surface area contributed by atoms with Gasteiger partial charge in [-0.15, -0.1) is 10.2 Å². The molecule has 3 aromatic rings. The number of ether oxygens (including phenoxy) is 1. The third-order valence-electron chi connectivity index (χ3n) is 4.38. The number of hydrogen-bond donors (Lipinski definition) is 2. The van der Waals surface area contributed by atoms with E-state index in [-0.39, 0.29) is 31.1 Å². The molecule has 0 fully saturated rings. The van der Waals surface area contributed by atoms with Crippen LogP contribution in [0.5, 0.6) is 11.6 Å². The molecule has 9 nitrogen and oxygen atoms in total. The Hall–Kier alpha value is -4.19. The molecule has 0 aliphatic heterocycles. The van der Waals surface area contributed by atoms with Crippen molar-refractivity contribution < 1.29 is 19.4 Å². The first kappa shape index (κ1) is 20.5. The number of hydrogen-bond acceptors (Lipinski definition) is 6. The fourth-order valence-electron chi connectivity index (χ4n) is 2.90. The fourth-order valence-corrected chi connectivity index (χ4v) is 2.90. The highest BCUT2D eigenvalue weighted by Crippen LogP contribution is 2.38. The highest BCUT2D eigenvalue weighted by Gasteiger charge is 2.16. The van der Waals surface area contributed by atoms with Crippen molar-refractivity contribution in [3.8, 4) is 17.7 Å². The molecule has 0 aliphatic rings. The SMILES string of the molecule is COc1ccc(C(=O)NCC(=O)N=Nc2c(O)n(CCC#N)c3ccccc23)cc1. The summed E-state index contributed by atoms with van der Waals surface area (Å²) < 4.78 is 6.58. The van der Waals surface area contributed by atoms with Gasteiger partial charge in [-0.1, -0.05) is 18.2 Å². The minimum Gasteiger partial charge on any atom is -0.497 e. The first-order valence-corrected chi connectivity index (χ1v) is 9.09. The number of aromatic nitrogens is 1. The standard InChI is InChI=1S/C21H19N5O4/c1-30-15-9-7-14(8-10-15)20(28)23-13-18(27)24-25-19-16-5-2-3-6-17(16)26(21(19)29)12-4-11-22/h2-3,5-10,29H,4,12-13H2,1H3,(H,23,28). The van der Waals surface area contributed by atoms with Gasteiger partial charge in [0, 0.05) is 17.5 Å². The van der Waals surface area contributed by atoms with E-state index in [2.05, 4.69) is 15.5 Å². The van der Waals surface area contributed by atoms with Crippen LogP contribution in [0.3, 0.4) is 0 Å². The lowest BCUT2D eigenvalue weighted by Crippen LogP contribution is -2.28. The predicted molar refractivity (Wildman–Crippen MR) is 109 cm³/mol. The van der Waals surface area contributed by atoms with Crippen molar-refractivity contribution in [2.75, 3.05) is 13.7 Å². The third kappa shape index (κ3) is 4.44. The van der Waals surface area contributed by atoms with E-state index in [9.17, 15) is 14.7 Å². The van der Waals surface area contributed by atoms with Crippen LogP contribution in [-0.2, 0) is 11.3 Å². The number of fused-ring (bicyclic) bond motifs is 1. The molecule has 0 radical (unpaired) electrons. The van der Waals surface area contributed by atoms with Crippen molar-refractivity contribution >= 4 is 28.4 Å². The maximum Gasteiger partial charge on any atom is 0.283 e. The molecule has 0 bridgehead atoms. The van der Waals surface area contributed by atoms with Gasteiger partial charge in [0.15, 0.2) is 5.69 Å². The van der Waals surface area contributed by atoms with Gasteiger partial charge in [0.25, 0.3) is 11.8 Å². The number of nitriles is 1. The molecular weight excluding hydrogens is 386 g/mol. The molecule has 0 saturated carbocycles. The van der Waals surface area contributed by atoms with Crippen molar-refractivity contribution in [1.82, 2.24) is 9.88 Å². The van der Waals surface area contributed by atoms with E-state index in [1.165, 1.54) is 7.11 Å². The van der Waals surface area contributed by atoms with Gasteiger partial charge in [0.05, 0.1) is 25.1 Å². The molecule has 1 aromatic heterocycles. The van der Waals surface area contributed by atoms with Crippen molar-refractivity contribution in [1.29, 1.82) is 5.26 Å². The summed E-state index contributed by atoms with van der Waals surface area (Å²) in [7, 11) is 1.53. The summed E-state index contributed by atoms with van der Waals surface area (Å²) in [5.41, 5.74) is 1.19. The van der Waals surface area contributed by atoms with E-state index in [0.29, 0.717) is 22.2 Å². The molecule has 2 N–H and O–H groups in total. The monoisotopic (exact) mass is 405 g/mol. The second kappa shape index (κ2) is 9.34. The van der Waals surface area contributed by atoms with Gasteiger partial charge >= 0.3 is 0 Å². The van der Waals surface area contributed by atoms with Gasteiger partial charge in [-0.25, -0.2) is 0 Å². The van der Waals surface area contributed by atoms with Crippen molar-refractivity contribution in [3.05, 3.63) is 54.1 Å². The van der Waals surface area contributed by atoms with Gasteiger partial charge in [0.1, 0.15) is 12.3 Å². The zero-order valence-corrected chi connectivity index (χ0v) is 16.2. The summed E-state index contributed by atoms with van der Waals surface area (Å²) in [5.74, 6) is -0.669. The summed E-state index contributed by atoms with van der Waals surface area (Å²) in [6, 6.07) is 15.5. The normalized spacial score (nSPS) is 10.8. The summed E-state index contributed by atoms with van der Waals surface area (Å²) in [5, 5.41) is 29.9. The maximum absolute atomic E-state index is 12.1. The van der Waals surface area contributed by atoms with Crippen LogP contribution in [0.2, 0.25) is 0 Å². The molecule has 0 atom stereocenters. The molecule has 9 heteroatoms. The summed E-state index contributed by atoms with van der Waals surface area (Å²) >= 11 is 0. The van der Waals surface area contributed by atoms with Crippen molar-refractivity contribution in [2.24, 2.45) is 10.2 Å². The number of nitrogens with one attached hydrogen (secondary N) is 1. The van der Waals surface area contributed by atoms with Crippen molar-refractivity contribution in [2.45, 2.75) is 13.0 Å². The first-order valence-electron chi connectivity index (χ1n) is 9.09. The van der Waals surface area contributed by atoms with Crippen molar-refractivity contribution in [3.63, 3.8) is 0 Å². The van der Waals surface area contributed by atoms with Crippen LogP contribution in [0.1, 0.15) is 16.8 Å². The summed E-state index contributed by atoms with van der Waals surface area (Å²) in [4.78, 5) is 24.2. The Labute approximate surface area is 172 Å². The predicted octanol–water partition coefficient (Wildman–Crippen LogP) is 3.31. The molecule has 0 saturated heterocycles. The first-order chi connectivity index (χ1) is 14.5.